The van der Waals surface area contributed by atoms with Crippen molar-refractivity contribution in [2.75, 3.05) is 0 Å². The minimum absolute atomic E-state index is 0.261. The molecule has 1 rings (SSSR count). The van der Waals surface area contributed by atoms with Crippen LogP contribution < -0.4 is 17.1 Å². The topological polar surface area (TPSA) is 87.7 Å². The van der Waals surface area contributed by atoms with Gasteiger partial charge in [-0.1, -0.05) is 63.3 Å². The van der Waals surface area contributed by atoms with Crippen LogP contribution in [0, 0.1) is 5.92 Å². The van der Waals surface area contributed by atoms with Gasteiger partial charge in [-0.2, -0.15) is 0 Å². The number of aromatic amines is 2. The molecule has 2 unspecified atom stereocenters. The zero-order chi connectivity index (χ0) is 21.5. The van der Waals surface area contributed by atoms with Gasteiger partial charge in [-0.15, -0.1) is 13.2 Å². The predicted octanol–water partition coefficient (Wildman–Crippen LogP) is 4.62. The van der Waals surface area contributed by atoms with Gasteiger partial charge < -0.3 is 0 Å². The van der Waals surface area contributed by atoms with Crippen LogP contribution in [0.5, 0.6) is 0 Å². The summed E-state index contributed by atoms with van der Waals surface area (Å²) in [6.45, 7) is 9.81. The molecule has 0 radical (unpaired) electrons. The molecule has 0 aliphatic rings. The molecule has 0 saturated carbocycles. The number of hydrogen-bond acceptors (Lipinski definition) is 3. The third-order valence-corrected chi connectivity index (χ3v) is 5.15. The monoisotopic (exact) mass is 403 g/mol. The van der Waals surface area contributed by atoms with Gasteiger partial charge in [-0.25, -0.2) is 19.0 Å². The highest BCUT2D eigenvalue weighted by atomic mass is 16.2. The molecule has 1 aromatic heterocycles. The van der Waals surface area contributed by atoms with Crippen molar-refractivity contribution in [1.29, 1.82) is 0 Å². The van der Waals surface area contributed by atoms with Crippen LogP contribution in [0.15, 0.2) is 51.8 Å². The van der Waals surface area contributed by atoms with Crippen LogP contribution in [0.4, 0.5) is 0 Å². The largest absolute Gasteiger partial charge is 0.333 e. The number of aromatic nitrogens is 3. The van der Waals surface area contributed by atoms with E-state index in [1.807, 2.05) is 6.08 Å². The highest BCUT2D eigenvalue weighted by Crippen LogP contribution is 2.25. The Balaban J connectivity index is 2.67. The lowest BCUT2D eigenvalue weighted by Crippen LogP contribution is -2.45. The van der Waals surface area contributed by atoms with E-state index in [-0.39, 0.29) is 12.0 Å². The van der Waals surface area contributed by atoms with Gasteiger partial charge in [0.25, 0.3) is 0 Å². The Kier molecular flexibility index (Phi) is 12.4. The van der Waals surface area contributed by atoms with E-state index >= 15 is 0 Å². The Morgan fingerprint density at radius 3 is 2.10 bits per heavy atom. The molecule has 0 aliphatic heterocycles. The van der Waals surface area contributed by atoms with Gasteiger partial charge in [0.1, 0.15) is 0 Å². The number of nitrogens with one attached hydrogen (secondary N) is 2. The van der Waals surface area contributed by atoms with E-state index in [0.29, 0.717) is 12.8 Å². The van der Waals surface area contributed by atoms with E-state index in [9.17, 15) is 14.4 Å². The van der Waals surface area contributed by atoms with Gasteiger partial charge in [0.05, 0.1) is 0 Å². The SMILES string of the molecule is C=CCC(CC=CCCCCCCCC)CC(CC=C)n1c(=O)[nH]c(=O)[nH]c1=O. The molecule has 0 aliphatic carbocycles. The standard InChI is InChI=1S/C23H37N3O3/c1-4-7-8-9-10-11-12-13-14-17-19(15-5-2)18-20(16-6-3)26-22(28)24-21(27)25-23(26)29/h5-6,13-14,19-20H,2-4,7-12,15-18H2,1H3,(H2,24,25,27,28,29). The molecule has 6 nitrogen and oxygen atoms in total. The quantitative estimate of drug-likeness (QED) is 0.312. The lowest BCUT2D eigenvalue weighted by Gasteiger charge is -2.22. The van der Waals surface area contributed by atoms with Crippen molar-refractivity contribution in [2.24, 2.45) is 5.92 Å². The second-order valence-electron chi connectivity index (χ2n) is 7.63. The van der Waals surface area contributed by atoms with E-state index in [1.165, 1.54) is 38.5 Å². The van der Waals surface area contributed by atoms with E-state index < -0.39 is 17.1 Å². The van der Waals surface area contributed by atoms with Crippen LogP contribution in [0.25, 0.3) is 0 Å². The lowest BCUT2D eigenvalue weighted by atomic mass is 9.91. The zero-order valence-corrected chi connectivity index (χ0v) is 17.8. The molecule has 1 heterocycles. The number of hydrogen-bond donors (Lipinski definition) is 2. The van der Waals surface area contributed by atoms with Gasteiger partial charge in [0.15, 0.2) is 0 Å². The van der Waals surface area contributed by atoms with Crippen LogP contribution in [-0.2, 0) is 0 Å². The fourth-order valence-electron chi connectivity index (χ4n) is 3.63. The molecule has 0 bridgehead atoms. The first-order chi connectivity index (χ1) is 14.0. The fourth-order valence-corrected chi connectivity index (χ4v) is 3.63. The summed E-state index contributed by atoms with van der Waals surface area (Å²) in [7, 11) is 0. The van der Waals surface area contributed by atoms with Crippen molar-refractivity contribution in [3.63, 3.8) is 0 Å². The number of allylic oxidation sites excluding steroid dienone is 4. The Bertz CT molecular complexity index is 766. The van der Waals surface area contributed by atoms with Gasteiger partial charge in [0, 0.05) is 6.04 Å². The Hall–Kier alpha value is -2.37. The third kappa shape index (κ3) is 9.59. The van der Waals surface area contributed by atoms with Crippen molar-refractivity contribution >= 4 is 0 Å². The van der Waals surface area contributed by atoms with E-state index in [0.717, 1.165) is 23.8 Å². The summed E-state index contributed by atoms with van der Waals surface area (Å²) in [5.74, 6) is 0.261. The average Bonchev–Trinajstić information content (AvgIpc) is 2.66. The van der Waals surface area contributed by atoms with Crippen molar-refractivity contribution < 1.29 is 0 Å². The average molecular weight is 404 g/mol. The van der Waals surface area contributed by atoms with Crippen molar-refractivity contribution in [1.82, 2.24) is 14.5 Å². The fraction of sp³-hybridized carbons (Fsp3) is 0.609. The van der Waals surface area contributed by atoms with Gasteiger partial charge in [-0.05, 0) is 44.4 Å². The highest BCUT2D eigenvalue weighted by Gasteiger charge is 2.19. The molecule has 0 saturated heterocycles. The van der Waals surface area contributed by atoms with Crippen LogP contribution in [0.2, 0.25) is 0 Å². The van der Waals surface area contributed by atoms with Gasteiger partial charge in [-0.3, -0.25) is 9.97 Å². The first kappa shape index (κ1) is 24.7. The molecule has 2 N–H and O–H groups in total. The molecule has 162 valence electrons. The summed E-state index contributed by atoms with van der Waals surface area (Å²) in [6.07, 6.45) is 19.6. The van der Waals surface area contributed by atoms with Gasteiger partial charge >= 0.3 is 17.1 Å². The van der Waals surface area contributed by atoms with Crippen molar-refractivity contribution in [3.8, 4) is 0 Å². The lowest BCUT2D eigenvalue weighted by molar-refractivity contribution is 0.347. The van der Waals surface area contributed by atoms with Crippen LogP contribution >= 0.6 is 0 Å². The molecule has 0 aromatic carbocycles. The van der Waals surface area contributed by atoms with Crippen LogP contribution in [0.3, 0.4) is 0 Å². The van der Waals surface area contributed by atoms with Crippen molar-refractivity contribution in [3.05, 3.63) is 68.9 Å². The number of rotatable bonds is 16. The van der Waals surface area contributed by atoms with Crippen LogP contribution in [-0.4, -0.2) is 14.5 Å². The number of H-pyrrole nitrogens is 2. The minimum atomic E-state index is -0.783. The minimum Gasteiger partial charge on any atom is -0.259 e. The van der Waals surface area contributed by atoms with E-state index in [2.05, 4.69) is 42.2 Å². The summed E-state index contributed by atoms with van der Waals surface area (Å²) in [6, 6.07) is -0.350. The molecule has 1 aromatic rings. The predicted molar refractivity (Wildman–Crippen MR) is 120 cm³/mol. The summed E-state index contributed by atoms with van der Waals surface area (Å²) in [5, 5.41) is 0. The van der Waals surface area contributed by atoms with E-state index in [4.69, 9.17) is 0 Å². The normalized spacial score (nSPS) is 13.4. The zero-order valence-electron chi connectivity index (χ0n) is 17.8. The summed E-state index contributed by atoms with van der Waals surface area (Å²) >= 11 is 0. The summed E-state index contributed by atoms with van der Waals surface area (Å²) in [4.78, 5) is 39.9. The molecule has 29 heavy (non-hydrogen) atoms. The number of nitrogens with zero attached hydrogens (tertiary/aromatic N) is 1. The van der Waals surface area contributed by atoms with E-state index in [1.54, 1.807) is 6.08 Å². The maximum absolute atomic E-state index is 12.2. The van der Waals surface area contributed by atoms with Gasteiger partial charge in [0.2, 0.25) is 0 Å². The second-order valence-corrected chi connectivity index (χ2v) is 7.63. The molecular formula is C23H37N3O3. The Labute approximate surface area is 173 Å². The molecular weight excluding hydrogens is 366 g/mol. The molecule has 0 spiro atoms. The molecule has 0 amide bonds. The Morgan fingerprint density at radius 1 is 0.862 bits per heavy atom. The van der Waals surface area contributed by atoms with Crippen LogP contribution in [0.1, 0.15) is 83.6 Å². The third-order valence-electron chi connectivity index (χ3n) is 5.15. The summed E-state index contributed by atoms with van der Waals surface area (Å²) < 4.78 is 1.10. The first-order valence-electron chi connectivity index (χ1n) is 10.8. The van der Waals surface area contributed by atoms with Crippen molar-refractivity contribution in [2.45, 2.75) is 83.6 Å². The smallest absolute Gasteiger partial charge is 0.259 e. The second kappa shape index (κ2) is 14.6. The Morgan fingerprint density at radius 2 is 1.48 bits per heavy atom. The highest BCUT2D eigenvalue weighted by molar-refractivity contribution is 4.90. The number of unbranched alkanes of at least 4 members (excludes halogenated alkanes) is 6. The molecule has 6 heteroatoms. The molecule has 0 fully saturated rings. The summed E-state index contributed by atoms with van der Waals surface area (Å²) in [5.41, 5.74) is -2.14. The maximum Gasteiger partial charge on any atom is 0.333 e. The molecule has 2 atom stereocenters. The first-order valence-corrected chi connectivity index (χ1v) is 10.8. The maximum atomic E-state index is 12.2.